The zero-order chi connectivity index (χ0) is 17.8. The van der Waals surface area contributed by atoms with E-state index in [9.17, 15) is 0 Å². The van der Waals surface area contributed by atoms with Crippen molar-refractivity contribution in [3.8, 4) is 11.4 Å². The fourth-order valence-electron chi connectivity index (χ4n) is 3.37. The number of pyridine rings is 2. The van der Waals surface area contributed by atoms with Crippen LogP contribution < -0.4 is 15.6 Å². The van der Waals surface area contributed by atoms with Gasteiger partial charge in [0.2, 0.25) is 0 Å². The average molecular weight is 353 g/mol. The molecule has 0 atom stereocenters. The Morgan fingerprint density at radius 3 is 1.88 bits per heavy atom. The third-order valence-electron chi connectivity index (χ3n) is 4.54. The summed E-state index contributed by atoms with van der Waals surface area (Å²) < 4.78 is 0. The monoisotopic (exact) mass is 352 g/mol. The third kappa shape index (κ3) is 3.34. The molecule has 0 fully saturated rings. The highest BCUT2D eigenvalue weighted by Crippen LogP contribution is 2.13. The maximum absolute atomic E-state index is 4.79. The second-order valence-corrected chi connectivity index (χ2v) is 9.24. The van der Waals surface area contributed by atoms with Crippen LogP contribution in [0.25, 0.3) is 11.4 Å². The molecule has 126 valence electrons. The highest BCUT2D eigenvalue weighted by molar-refractivity contribution is 6.96. The molecule has 0 bridgehead atoms. The molecule has 26 heavy (non-hydrogen) atoms. The van der Waals surface area contributed by atoms with E-state index in [4.69, 9.17) is 4.98 Å². The van der Waals surface area contributed by atoms with Crippen LogP contribution in [0.2, 0.25) is 0 Å². The molecule has 2 aromatic carbocycles. The molecule has 4 aromatic rings. The van der Waals surface area contributed by atoms with Crippen molar-refractivity contribution in [2.75, 3.05) is 0 Å². The Bertz CT molecular complexity index is 947. The Kier molecular flexibility index (Phi) is 4.71. The highest BCUT2D eigenvalue weighted by Gasteiger charge is 2.23. The van der Waals surface area contributed by atoms with Gasteiger partial charge in [-0.2, -0.15) is 0 Å². The predicted molar refractivity (Wildman–Crippen MR) is 111 cm³/mol. The van der Waals surface area contributed by atoms with Crippen molar-refractivity contribution in [2.24, 2.45) is 0 Å². The molecule has 0 spiro atoms. The molecule has 0 unspecified atom stereocenters. The van der Waals surface area contributed by atoms with Crippen LogP contribution in [0.1, 0.15) is 5.56 Å². The quantitative estimate of drug-likeness (QED) is 0.528. The van der Waals surface area contributed by atoms with Crippen molar-refractivity contribution >= 4 is 24.4 Å². The van der Waals surface area contributed by atoms with E-state index in [0.29, 0.717) is 0 Å². The van der Waals surface area contributed by atoms with Crippen LogP contribution in [0.4, 0.5) is 0 Å². The van der Waals surface area contributed by atoms with E-state index in [1.54, 1.807) is 0 Å². The van der Waals surface area contributed by atoms with E-state index in [1.165, 1.54) is 21.1 Å². The van der Waals surface area contributed by atoms with Crippen LogP contribution in [0, 0.1) is 6.92 Å². The van der Waals surface area contributed by atoms with Crippen molar-refractivity contribution in [3.05, 3.63) is 103 Å². The van der Waals surface area contributed by atoms with E-state index in [-0.39, 0.29) is 0 Å². The summed E-state index contributed by atoms with van der Waals surface area (Å²) in [5.41, 5.74) is 3.12. The van der Waals surface area contributed by atoms with Gasteiger partial charge in [0.25, 0.3) is 0 Å². The van der Waals surface area contributed by atoms with Crippen molar-refractivity contribution in [1.82, 2.24) is 9.97 Å². The third-order valence-corrected chi connectivity index (χ3v) is 7.70. The normalized spacial score (nSPS) is 10.8. The largest absolute Gasteiger partial charge is 0.255 e. The molecule has 2 aromatic heterocycles. The summed E-state index contributed by atoms with van der Waals surface area (Å²) in [4.78, 5) is 9.36. The molecule has 4 rings (SSSR count). The summed E-state index contributed by atoms with van der Waals surface area (Å²) in [6.07, 6.45) is 3.78. The van der Waals surface area contributed by atoms with Crippen LogP contribution >= 0.6 is 0 Å². The Labute approximate surface area is 155 Å². The fraction of sp³-hybridized carbons (Fsp3) is 0.0435. The molecular weight excluding hydrogens is 332 g/mol. The first-order valence-electron chi connectivity index (χ1n) is 8.81. The Morgan fingerprint density at radius 1 is 0.692 bits per heavy atom. The van der Waals surface area contributed by atoms with Crippen LogP contribution in [0.15, 0.2) is 97.3 Å². The standard InChI is InChI=1S/C23H20N2Si/c1-18-16-22(23(25-17-18)21-14-8-9-15-24-21)26(19-10-4-2-5-11-19)20-12-6-3-7-13-20/h2-17,26H,1H3. The minimum absolute atomic E-state index is 0.937. The number of hydrogen-bond acceptors (Lipinski definition) is 2. The molecule has 0 aliphatic rings. The summed E-state index contributed by atoms with van der Waals surface area (Å²) in [6.45, 7) is 2.11. The van der Waals surface area contributed by atoms with Gasteiger partial charge in [0.15, 0.2) is 0 Å². The van der Waals surface area contributed by atoms with E-state index in [1.807, 2.05) is 30.6 Å². The molecule has 0 saturated carbocycles. The lowest BCUT2D eigenvalue weighted by atomic mass is 10.2. The summed E-state index contributed by atoms with van der Waals surface area (Å²) in [5, 5.41) is 4.10. The van der Waals surface area contributed by atoms with Gasteiger partial charge in [-0.15, -0.1) is 0 Å². The number of rotatable bonds is 4. The van der Waals surface area contributed by atoms with Gasteiger partial charge in [-0.25, -0.2) is 0 Å². The molecule has 2 nitrogen and oxygen atoms in total. The first-order chi connectivity index (χ1) is 12.8. The van der Waals surface area contributed by atoms with Gasteiger partial charge in [-0.1, -0.05) is 83.2 Å². The van der Waals surface area contributed by atoms with Gasteiger partial charge in [0, 0.05) is 12.4 Å². The number of hydrogen-bond donors (Lipinski definition) is 0. The van der Waals surface area contributed by atoms with E-state index in [0.717, 1.165) is 11.4 Å². The lowest BCUT2D eigenvalue weighted by Gasteiger charge is -2.20. The Balaban J connectivity index is 1.96. The van der Waals surface area contributed by atoms with Crippen molar-refractivity contribution in [1.29, 1.82) is 0 Å². The minimum atomic E-state index is -1.65. The molecule has 0 saturated heterocycles. The number of aryl methyl sites for hydroxylation is 1. The summed E-state index contributed by atoms with van der Waals surface area (Å²) in [5.74, 6) is 0. The predicted octanol–water partition coefficient (Wildman–Crippen LogP) is 2.70. The van der Waals surface area contributed by atoms with E-state index >= 15 is 0 Å². The molecule has 0 aliphatic heterocycles. The fourth-order valence-corrected chi connectivity index (χ4v) is 6.61. The van der Waals surface area contributed by atoms with E-state index < -0.39 is 8.80 Å². The van der Waals surface area contributed by atoms with Crippen LogP contribution in [-0.2, 0) is 0 Å². The molecule has 0 amide bonds. The lowest BCUT2D eigenvalue weighted by molar-refractivity contribution is 1.23. The SMILES string of the molecule is Cc1cnc(-c2ccccn2)c([SiH](c2ccccc2)c2ccccc2)c1. The minimum Gasteiger partial charge on any atom is -0.255 e. The maximum Gasteiger partial charge on any atom is 0.135 e. The molecular formula is C23H20N2Si. The molecule has 2 heterocycles. The first kappa shape index (κ1) is 16.4. The first-order valence-corrected chi connectivity index (χ1v) is 10.5. The van der Waals surface area contributed by atoms with Crippen molar-refractivity contribution in [3.63, 3.8) is 0 Å². The summed E-state index contributed by atoms with van der Waals surface area (Å²) in [7, 11) is -1.65. The van der Waals surface area contributed by atoms with Crippen LogP contribution in [0.3, 0.4) is 0 Å². The van der Waals surface area contributed by atoms with Gasteiger partial charge >= 0.3 is 0 Å². The number of nitrogens with zero attached hydrogens (tertiary/aromatic N) is 2. The van der Waals surface area contributed by atoms with Gasteiger partial charge < -0.3 is 0 Å². The van der Waals surface area contributed by atoms with Crippen molar-refractivity contribution < 1.29 is 0 Å². The summed E-state index contributed by atoms with van der Waals surface area (Å²) in [6, 6.07) is 30.0. The Morgan fingerprint density at radius 2 is 1.31 bits per heavy atom. The van der Waals surface area contributed by atoms with Crippen molar-refractivity contribution in [2.45, 2.75) is 6.92 Å². The second-order valence-electron chi connectivity index (χ2n) is 6.42. The molecule has 3 heteroatoms. The Hall–Kier alpha value is -3.04. The molecule has 0 radical (unpaired) electrons. The zero-order valence-electron chi connectivity index (χ0n) is 14.7. The average Bonchev–Trinajstić information content (AvgIpc) is 2.71. The van der Waals surface area contributed by atoms with Crippen LogP contribution in [0.5, 0.6) is 0 Å². The van der Waals surface area contributed by atoms with Gasteiger partial charge in [-0.05, 0) is 29.8 Å². The summed E-state index contributed by atoms with van der Waals surface area (Å²) >= 11 is 0. The number of benzene rings is 2. The topological polar surface area (TPSA) is 25.8 Å². The highest BCUT2D eigenvalue weighted by atomic mass is 28.3. The molecule has 0 N–H and O–H groups in total. The van der Waals surface area contributed by atoms with Crippen LogP contribution in [-0.4, -0.2) is 18.8 Å². The maximum atomic E-state index is 4.79. The smallest absolute Gasteiger partial charge is 0.135 e. The number of aromatic nitrogens is 2. The second kappa shape index (κ2) is 7.46. The van der Waals surface area contributed by atoms with Gasteiger partial charge in [-0.3, -0.25) is 9.97 Å². The molecule has 0 aliphatic carbocycles. The van der Waals surface area contributed by atoms with Gasteiger partial charge in [0.1, 0.15) is 8.80 Å². The van der Waals surface area contributed by atoms with E-state index in [2.05, 4.69) is 78.6 Å². The lowest BCUT2D eigenvalue weighted by Crippen LogP contribution is -2.53. The van der Waals surface area contributed by atoms with Gasteiger partial charge in [0.05, 0.1) is 11.4 Å². The zero-order valence-corrected chi connectivity index (χ0v) is 15.9.